The second-order valence-corrected chi connectivity index (χ2v) is 5.48. The summed E-state index contributed by atoms with van der Waals surface area (Å²) in [5.41, 5.74) is 5.43. The third kappa shape index (κ3) is 6.43. The third-order valence-corrected chi connectivity index (χ3v) is 2.85. The van der Waals surface area contributed by atoms with Gasteiger partial charge in [-0.15, -0.1) is 0 Å². The van der Waals surface area contributed by atoms with Crippen molar-refractivity contribution in [3.63, 3.8) is 0 Å². The van der Waals surface area contributed by atoms with E-state index in [9.17, 15) is 13.2 Å². The highest BCUT2D eigenvalue weighted by molar-refractivity contribution is 7.89. The summed E-state index contributed by atoms with van der Waals surface area (Å²) in [6.07, 6.45) is 0. The van der Waals surface area contributed by atoms with Gasteiger partial charge in [-0.05, 0) is 5.92 Å². The number of hydrogen-bond acceptors (Lipinski definition) is 4. The number of primary sulfonamides is 1. The Morgan fingerprint density at radius 2 is 1.93 bits per heavy atom. The van der Waals surface area contributed by atoms with E-state index in [1.807, 2.05) is 13.8 Å². The summed E-state index contributed by atoms with van der Waals surface area (Å²) in [6.45, 7) is 4.05. The molecule has 0 fully saturated rings. The van der Waals surface area contributed by atoms with Crippen LogP contribution in [0.1, 0.15) is 13.8 Å². The van der Waals surface area contributed by atoms with E-state index in [-0.39, 0.29) is 36.6 Å². The van der Waals surface area contributed by atoms with Gasteiger partial charge in [0.15, 0.2) is 0 Å². The molecule has 5 N–H and O–H groups in total. The van der Waals surface area contributed by atoms with Crippen molar-refractivity contribution >= 4 is 15.9 Å². The van der Waals surface area contributed by atoms with Gasteiger partial charge in [-0.2, -0.15) is 0 Å². The van der Waals surface area contributed by atoms with Crippen LogP contribution in [-0.4, -0.2) is 33.2 Å². The number of nitrogens with one attached hydrogen (secondary N) is 1. The summed E-state index contributed by atoms with van der Waals surface area (Å²) in [5.74, 6) is -0.639. The minimum Gasteiger partial charge on any atom is -0.355 e. The monoisotopic (exact) mass is 237 g/mol. The Hall–Kier alpha value is -0.660. The van der Waals surface area contributed by atoms with Crippen LogP contribution in [0, 0.1) is 11.8 Å². The number of hydrogen-bond donors (Lipinski definition) is 3. The molecule has 7 heteroatoms. The van der Waals surface area contributed by atoms with Crippen molar-refractivity contribution in [2.24, 2.45) is 22.7 Å². The highest BCUT2D eigenvalue weighted by atomic mass is 32.2. The van der Waals surface area contributed by atoms with Crippen LogP contribution in [0.15, 0.2) is 0 Å². The van der Waals surface area contributed by atoms with E-state index in [0.717, 1.165) is 0 Å². The number of carbonyl (C=O) groups excluding carboxylic acids is 1. The lowest BCUT2D eigenvalue weighted by Gasteiger charge is -2.17. The third-order valence-electron chi connectivity index (χ3n) is 2.08. The predicted octanol–water partition coefficient (Wildman–Crippen LogP) is -1.38. The van der Waals surface area contributed by atoms with E-state index in [0.29, 0.717) is 0 Å². The van der Waals surface area contributed by atoms with E-state index in [2.05, 4.69) is 5.32 Å². The molecule has 0 aromatic heterocycles. The fourth-order valence-electron chi connectivity index (χ4n) is 1.13. The lowest BCUT2D eigenvalue weighted by atomic mass is 9.95. The molecule has 0 heterocycles. The number of nitrogens with two attached hydrogens (primary N) is 2. The summed E-state index contributed by atoms with van der Waals surface area (Å²) in [7, 11) is -3.52. The van der Waals surface area contributed by atoms with Crippen LogP contribution in [-0.2, 0) is 14.8 Å². The topological polar surface area (TPSA) is 115 Å². The summed E-state index contributed by atoms with van der Waals surface area (Å²) in [4.78, 5) is 11.5. The summed E-state index contributed by atoms with van der Waals surface area (Å²) < 4.78 is 21.2. The van der Waals surface area contributed by atoms with Gasteiger partial charge in [-0.3, -0.25) is 4.79 Å². The second kappa shape index (κ2) is 6.04. The van der Waals surface area contributed by atoms with Crippen LogP contribution in [0.25, 0.3) is 0 Å². The molecule has 0 rings (SSSR count). The molecule has 1 atom stereocenters. The normalized spacial score (nSPS) is 13.9. The van der Waals surface area contributed by atoms with Crippen molar-refractivity contribution in [2.45, 2.75) is 13.8 Å². The Balaban J connectivity index is 4.03. The zero-order valence-corrected chi connectivity index (χ0v) is 9.88. The average molecular weight is 237 g/mol. The zero-order valence-electron chi connectivity index (χ0n) is 9.06. The molecule has 15 heavy (non-hydrogen) atoms. The summed E-state index contributed by atoms with van der Waals surface area (Å²) in [6, 6.07) is 0. The molecule has 90 valence electrons. The molecule has 1 amide bonds. The molecular formula is C8H19N3O3S. The van der Waals surface area contributed by atoms with Crippen molar-refractivity contribution < 1.29 is 13.2 Å². The molecule has 0 aromatic carbocycles. The van der Waals surface area contributed by atoms with Gasteiger partial charge in [-0.25, -0.2) is 13.6 Å². The first-order valence-electron chi connectivity index (χ1n) is 4.76. The second-order valence-electron chi connectivity index (χ2n) is 3.74. The molecule has 0 aliphatic carbocycles. The highest BCUT2D eigenvalue weighted by Crippen LogP contribution is 2.08. The molecule has 0 saturated carbocycles. The first-order chi connectivity index (χ1) is 6.78. The van der Waals surface area contributed by atoms with Gasteiger partial charge in [0.2, 0.25) is 15.9 Å². The van der Waals surface area contributed by atoms with Crippen molar-refractivity contribution in [3.8, 4) is 0 Å². The maximum absolute atomic E-state index is 11.5. The van der Waals surface area contributed by atoms with Gasteiger partial charge >= 0.3 is 0 Å². The molecule has 0 radical (unpaired) electrons. The molecule has 0 aliphatic rings. The molecular weight excluding hydrogens is 218 g/mol. The van der Waals surface area contributed by atoms with Crippen LogP contribution < -0.4 is 16.2 Å². The molecule has 0 spiro atoms. The lowest BCUT2D eigenvalue weighted by molar-refractivity contribution is -0.125. The van der Waals surface area contributed by atoms with Crippen LogP contribution in [0.2, 0.25) is 0 Å². The standard InChI is InChI=1S/C8H19N3O3S/c1-6(2)7(5-9)8(12)11-3-4-15(10,13)14/h6-7H,3-5,9H2,1-2H3,(H,11,12)(H2,10,13,14). The smallest absolute Gasteiger partial charge is 0.224 e. The van der Waals surface area contributed by atoms with E-state index in [1.54, 1.807) is 0 Å². The number of carbonyl (C=O) groups is 1. The zero-order chi connectivity index (χ0) is 12.1. The SMILES string of the molecule is CC(C)C(CN)C(=O)NCCS(N)(=O)=O. The Kier molecular flexibility index (Phi) is 5.77. The molecule has 0 saturated heterocycles. The summed E-state index contributed by atoms with van der Waals surface area (Å²) in [5, 5.41) is 7.28. The van der Waals surface area contributed by atoms with Gasteiger partial charge < -0.3 is 11.1 Å². The van der Waals surface area contributed by atoms with Gasteiger partial charge in [-0.1, -0.05) is 13.8 Å². The Labute approximate surface area is 90.4 Å². The first kappa shape index (κ1) is 14.3. The minimum atomic E-state index is -3.52. The van der Waals surface area contributed by atoms with Crippen molar-refractivity contribution in [1.29, 1.82) is 0 Å². The molecule has 0 aliphatic heterocycles. The first-order valence-corrected chi connectivity index (χ1v) is 6.47. The minimum absolute atomic E-state index is 0.0287. The Morgan fingerprint density at radius 1 is 1.40 bits per heavy atom. The fraction of sp³-hybridized carbons (Fsp3) is 0.875. The largest absolute Gasteiger partial charge is 0.355 e. The van der Waals surface area contributed by atoms with Crippen LogP contribution in [0.3, 0.4) is 0 Å². The fourth-order valence-corrected chi connectivity index (χ4v) is 1.52. The maximum Gasteiger partial charge on any atom is 0.224 e. The Morgan fingerprint density at radius 3 is 2.27 bits per heavy atom. The molecule has 0 bridgehead atoms. The van der Waals surface area contributed by atoms with Gasteiger partial charge in [0.1, 0.15) is 0 Å². The van der Waals surface area contributed by atoms with Gasteiger partial charge in [0, 0.05) is 13.1 Å². The Bertz CT molecular complexity index is 300. The molecule has 0 aromatic rings. The number of sulfonamides is 1. The van der Waals surface area contributed by atoms with Crippen LogP contribution >= 0.6 is 0 Å². The van der Waals surface area contributed by atoms with Crippen molar-refractivity contribution in [2.75, 3.05) is 18.8 Å². The van der Waals surface area contributed by atoms with Gasteiger partial charge in [0.25, 0.3) is 0 Å². The lowest BCUT2D eigenvalue weighted by Crippen LogP contribution is -2.40. The highest BCUT2D eigenvalue weighted by Gasteiger charge is 2.20. The van der Waals surface area contributed by atoms with Crippen LogP contribution in [0.5, 0.6) is 0 Å². The number of amides is 1. The average Bonchev–Trinajstić information content (AvgIpc) is 2.01. The van der Waals surface area contributed by atoms with Crippen LogP contribution in [0.4, 0.5) is 0 Å². The van der Waals surface area contributed by atoms with E-state index >= 15 is 0 Å². The van der Waals surface area contributed by atoms with Crippen molar-refractivity contribution in [1.82, 2.24) is 5.32 Å². The van der Waals surface area contributed by atoms with E-state index < -0.39 is 10.0 Å². The van der Waals surface area contributed by atoms with Crippen molar-refractivity contribution in [3.05, 3.63) is 0 Å². The predicted molar refractivity (Wildman–Crippen MR) is 58.4 cm³/mol. The van der Waals surface area contributed by atoms with E-state index in [1.165, 1.54) is 0 Å². The number of rotatable bonds is 6. The van der Waals surface area contributed by atoms with Gasteiger partial charge in [0.05, 0.1) is 11.7 Å². The van der Waals surface area contributed by atoms with E-state index in [4.69, 9.17) is 10.9 Å². The molecule has 6 nitrogen and oxygen atoms in total. The summed E-state index contributed by atoms with van der Waals surface area (Å²) >= 11 is 0. The molecule has 1 unspecified atom stereocenters. The maximum atomic E-state index is 11.5. The quantitative estimate of drug-likeness (QED) is 0.528.